The highest BCUT2D eigenvalue weighted by molar-refractivity contribution is 5.90. The molecule has 0 bridgehead atoms. The Hall–Kier alpha value is -3.82. The van der Waals surface area contributed by atoms with E-state index in [0.717, 1.165) is 25.1 Å². The maximum Gasteiger partial charge on any atom is 0.308 e. The molecule has 4 aromatic rings. The normalized spacial score (nSPS) is 11.5. The summed E-state index contributed by atoms with van der Waals surface area (Å²) in [5, 5.41) is 0.346. The maximum absolute atomic E-state index is 14.2. The molecule has 0 aliphatic carbocycles. The molecule has 0 radical (unpaired) electrons. The van der Waals surface area contributed by atoms with Gasteiger partial charge in [-0.25, -0.2) is 31.9 Å². The predicted octanol–water partition coefficient (Wildman–Crippen LogP) is 6.82. The molecule has 0 N–H and O–H groups in total. The molecular weight excluding hydrogens is 447 g/mol. The Morgan fingerprint density at radius 2 is 1.55 bits per heavy atom. The van der Waals surface area contributed by atoms with Crippen LogP contribution in [0.15, 0.2) is 42.5 Å². The van der Waals surface area contributed by atoms with Crippen molar-refractivity contribution in [3.05, 3.63) is 65.2 Å². The summed E-state index contributed by atoms with van der Waals surface area (Å²) in [6.45, 7) is 2.71. The number of aryl methyl sites for hydroxylation is 1. The van der Waals surface area contributed by atoms with Crippen molar-refractivity contribution in [1.29, 1.82) is 0 Å². The number of fused-ring (bicyclic) bond motifs is 2. The monoisotopic (exact) mass is 462 g/mol. The van der Waals surface area contributed by atoms with Crippen LogP contribution in [0.2, 0.25) is 0 Å². The van der Waals surface area contributed by atoms with E-state index >= 15 is 0 Å². The van der Waals surface area contributed by atoms with Crippen LogP contribution in [0, 0.1) is 12.7 Å². The van der Waals surface area contributed by atoms with E-state index in [2.05, 4.69) is 9.97 Å². The minimum atomic E-state index is -2.97. The number of alkyl halides is 4. The summed E-state index contributed by atoms with van der Waals surface area (Å²) >= 11 is 0. The van der Waals surface area contributed by atoms with Gasteiger partial charge in [0.2, 0.25) is 0 Å². The second kappa shape index (κ2) is 8.61. The average molecular weight is 462 g/mol. The largest absolute Gasteiger partial charge is 0.456 e. The fourth-order valence-corrected chi connectivity index (χ4v) is 3.32. The number of para-hydroxylation sites is 1. The number of hydrogen-bond acceptors (Lipinski definition) is 5. The van der Waals surface area contributed by atoms with Gasteiger partial charge in [-0.2, -0.15) is 0 Å². The van der Waals surface area contributed by atoms with Gasteiger partial charge < -0.3 is 9.47 Å². The number of nitrogens with zero attached hydrogens (tertiary/aromatic N) is 2. The third-order valence-corrected chi connectivity index (χ3v) is 4.78. The Bertz CT molecular complexity index is 1390. The predicted molar refractivity (Wildman–Crippen MR) is 109 cm³/mol. The summed E-state index contributed by atoms with van der Waals surface area (Å²) in [5.41, 5.74) is -0.996. The zero-order chi connectivity index (χ0) is 23.9. The van der Waals surface area contributed by atoms with Crippen molar-refractivity contribution in [1.82, 2.24) is 9.97 Å². The highest BCUT2D eigenvalue weighted by Crippen LogP contribution is 2.38. The lowest BCUT2D eigenvalue weighted by molar-refractivity contribution is -0.131. The molecule has 0 amide bonds. The first-order valence-electron chi connectivity index (χ1n) is 9.61. The molecule has 170 valence electrons. The third kappa shape index (κ3) is 4.41. The van der Waals surface area contributed by atoms with Crippen molar-refractivity contribution in [3.8, 4) is 17.2 Å². The number of rotatable bonds is 5. The van der Waals surface area contributed by atoms with Crippen LogP contribution in [0.25, 0.3) is 21.8 Å². The Morgan fingerprint density at radius 1 is 0.879 bits per heavy atom. The van der Waals surface area contributed by atoms with Gasteiger partial charge in [-0.05, 0) is 36.8 Å². The quantitative estimate of drug-likeness (QED) is 0.241. The summed E-state index contributed by atoms with van der Waals surface area (Å²) < 4.78 is 78.3. The first kappa shape index (κ1) is 22.4. The smallest absolute Gasteiger partial charge is 0.308 e. The molecule has 2 aromatic heterocycles. The lowest BCUT2D eigenvalue weighted by Crippen LogP contribution is -2.04. The van der Waals surface area contributed by atoms with Crippen LogP contribution in [0.4, 0.5) is 22.0 Å². The number of aromatic nitrogens is 2. The molecule has 0 saturated heterocycles. The molecule has 0 fully saturated rings. The van der Waals surface area contributed by atoms with Crippen molar-refractivity contribution < 1.29 is 36.2 Å². The van der Waals surface area contributed by atoms with E-state index < -0.39 is 36.0 Å². The number of esters is 1. The Labute approximate surface area is 183 Å². The molecule has 0 unspecified atom stereocenters. The SMILES string of the molecule is CC(=O)Oc1cc(C(F)F)nc2cc(C)c(Oc3cc(C(F)F)nc4c(F)cccc34)cc12. The maximum atomic E-state index is 14.2. The van der Waals surface area contributed by atoms with E-state index in [0.29, 0.717) is 5.56 Å². The van der Waals surface area contributed by atoms with Crippen molar-refractivity contribution in [3.63, 3.8) is 0 Å². The van der Waals surface area contributed by atoms with Crippen LogP contribution < -0.4 is 9.47 Å². The number of ether oxygens (including phenoxy) is 2. The van der Waals surface area contributed by atoms with Gasteiger partial charge in [0.25, 0.3) is 12.9 Å². The van der Waals surface area contributed by atoms with Crippen LogP contribution in [-0.2, 0) is 4.79 Å². The van der Waals surface area contributed by atoms with Crippen LogP contribution in [-0.4, -0.2) is 15.9 Å². The summed E-state index contributed by atoms with van der Waals surface area (Å²) in [5.74, 6) is -1.63. The Morgan fingerprint density at radius 3 is 2.21 bits per heavy atom. The molecule has 0 spiro atoms. The van der Waals surface area contributed by atoms with Crippen molar-refractivity contribution in [2.45, 2.75) is 26.7 Å². The van der Waals surface area contributed by atoms with Crippen molar-refractivity contribution >= 4 is 27.8 Å². The van der Waals surface area contributed by atoms with Gasteiger partial charge in [0.05, 0.1) is 5.52 Å². The van der Waals surface area contributed by atoms with Gasteiger partial charge in [-0.1, -0.05) is 6.07 Å². The van der Waals surface area contributed by atoms with E-state index in [4.69, 9.17) is 9.47 Å². The van der Waals surface area contributed by atoms with E-state index in [1.807, 2.05) is 0 Å². The van der Waals surface area contributed by atoms with E-state index in [9.17, 15) is 26.7 Å². The molecule has 0 atom stereocenters. The molecule has 2 heterocycles. The standard InChI is InChI=1S/C23H15F5N2O3/c1-10-6-15-13(20(32-11(2)31)8-16(29-15)22(25)26)7-18(10)33-19-9-17(23(27)28)30-21-12(19)4-3-5-14(21)24/h3-9,22-23H,1-2H3. The number of halogens is 5. The molecule has 4 rings (SSSR count). The second-order valence-electron chi connectivity index (χ2n) is 7.16. The van der Waals surface area contributed by atoms with Crippen LogP contribution in [0.5, 0.6) is 17.2 Å². The molecule has 5 nitrogen and oxygen atoms in total. The van der Waals surface area contributed by atoms with Gasteiger partial charge in [-0.15, -0.1) is 0 Å². The zero-order valence-electron chi connectivity index (χ0n) is 17.2. The highest BCUT2D eigenvalue weighted by Gasteiger charge is 2.20. The topological polar surface area (TPSA) is 61.3 Å². The number of hydrogen-bond donors (Lipinski definition) is 0. The van der Waals surface area contributed by atoms with Crippen molar-refractivity contribution in [2.24, 2.45) is 0 Å². The number of benzene rings is 2. The molecule has 0 aliphatic heterocycles. The minimum Gasteiger partial charge on any atom is -0.456 e. The Kier molecular flexibility index (Phi) is 5.84. The molecule has 33 heavy (non-hydrogen) atoms. The lowest BCUT2D eigenvalue weighted by atomic mass is 10.1. The molecule has 0 saturated carbocycles. The van der Waals surface area contributed by atoms with Crippen molar-refractivity contribution in [2.75, 3.05) is 0 Å². The summed E-state index contributed by atoms with van der Waals surface area (Å²) in [7, 11) is 0. The summed E-state index contributed by atoms with van der Waals surface area (Å²) in [4.78, 5) is 19.1. The van der Waals surface area contributed by atoms with Gasteiger partial charge in [0.15, 0.2) is 0 Å². The lowest BCUT2D eigenvalue weighted by Gasteiger charge is -2.15. The van der Waals surface area contributed by atoms with Gasteiger partial charge >= 0.3 is 5.97 Å². The second-order valence-corrected chi connectivity index (χ2v) is 7.16. The fourth-order valence-electron chi connectivity index (χ4n) is 3.32. The van der Waals surface area contributed by atoms with Gasteiger partial charge in [0.1, 0.15) is 40.0 Å². The van der Waals surface area contributed by atoms with Crippen LogP contribution in [0.1, 0.15) is 36.7 Å². The highest BCUT2D eigenvalue weighted by atomic mass is 19.3. The van der Waals surface area contributed by atoms with E-state index in [-0.39, 0.29) is 39.1 Å². The molecule has 2 aromatic carbocycles. The van der Waals surface area contributed by atoms with Crippen LogP contribution in [0.3, 0.4) is 0 Å². The molecular formula is C23H15F5N2O3. The molecule has 10 heteroatoms. The fraction of sp³-hybridized carbons (Fsp3) is 0.174. The first-order valence-corrected chi connectivity index (χ1v) is 9.61. The van der Waals surface area contributed by atoms with Gasteiger partial charge in [0, 0.05) is 29.8 Å². The minimum absolute atomic E-state index is 0.0801. The number of carbonyl (C=O) groups excluding carboxylic acids is 1. The third-order valence-electron chi connectivity index (χ3n) is 4.78. The zero-order valence-corrected chi connectivity index (χ0v) is 17.2. The van der Waals surface area contributed by atoms with E-state index in [1.165, 1.54) is 24.3 Å². The van der Waals surface area contributed by atoms with E-state index in [1.54, 1.807) is 6.92 Å². The molecule has 0 aliphatic rings. The van der Waals surface area contributed by atoms with Crippen LogP contribution >= 0.6 is 0 Å². The number of pyridine rings is 2. The summed E-state index contributed by atoms with van der Waals surface area (Å²) in [6.07, 6.45) is -5.87. The Balaban J connectivity index is 1.90. The average Bonchev–Trinajstić information content (AvgIpc) is 2.74. The first-order chi connectivity index (χ1) is 15.6. The summed E-state index contributed by atoms with van der Waals surface area (Å²) in [6, 6.07) is 8.71. The number of carbonyl (C=O) groups is 1. The van der Waals surface area contributed by atoms with Gasteiger partial charge in [-0.3, -0.25) is 4.79 Å².